The molecule has 0 spiro atoms. The first kappa shape index (κ1) is 17.1. The van der Waals surface area contributed by atoms with Crippen LogP contribution in [0.15, 0.2) is 18.3 Å². The number of esters is 2. The molecular formula is C16H23NO4. The largest absolute Gasteiger partial charge is 0.465 e. The molecule has 0 aromatic carbocycles. The summed E-state index contributed by atoms with van der Waals surface area (Å²) in [5.74, 6) is -2.39. The summed E-state index contributed by atoms with van der Waals surface area (Å²) in [6.45, 7) is 9.99. The van der Waals surface area contributed by atoms with Crippen molar-refractivity contribution in [2.45, 2.75) is 46.0 Å². The summed E-state index contributed by atoms with van der Waals surface area (Å²) < 4.78 is 9.89. The molecule has 1 aromatic heterocycles. The van der Waals surface area contributed by atoms with Gasteiger partial charge in [0.1, 0.15) is 0 Å². The molecule has 1 heterocycles. The third kappa shape index (κ3) is 4.55. The number of ether oxygens (including phenoxy) is 2. The average molecular weight is 293 g/mol. The highest BCUT2D eigenvalue weighted by Gasteiger charge is 2.33. The van der Waals surface area contributed by atoms with E-state index in [1.165, 1.54) is 0 Å². The van der Waals surface area contributed by atoms with Crippen molar-refractivity contribution in [1.82, 2.24) is 4.98 Å². The molecule has 0 unspecified atom stereocenters. The van der Waals surface area contributed by atoms with Crippen molar-refractivity contribution >= 4 is 11.9 Å². The predicted octanol–water partition coefficient (Wildman–Crippen LogP) is 2.59. The van der Waals surface area contributed by atoms with Crippen LogP contribution in [0.1, 0.15) is 51.8 Å². The van der Waals surface area contributed by atoms with Crippen molar-refractivity contribution in [3.63, 3.8) is 0 Å². The van der Waals surface area contributed by atoms with Gasteiger partial charge in [-0.25, -0.2) is 0 Å². The van der Waals surface area contributed by atoms with Crippen LogP contribution < -0.4 is 0 Å². The Morgan fingerprint density at radius 1 is 1.10 bits per heavy atom. The zero-order valence-corrected chi connectivity index (χ0v) is 13.3. The highest BCUT2D eigenvalue weighted by molar-refractivity contribution is 6.00. The van der Waals surface area contributed by atoms with E-state index in [0.29, 0.717) is 5.69 Å². The molecule has 1 rings (SSSR count). The van der Waals surface area contributed by atoms with E-state index in [9.17, 15) is 9.59 Å². The van der Waals surface area contributed by atoms with Crippen LogP contribution in [0.4, 0.5) is 0 Å². The molecule has 0 N–H and O–H groups in total. The van der Waals surface area contributed by atoms with Gasteiger partial charge in [0.2, 0.25) is 0 Å². The lowest BCUT2D eigenvalue weighted by Crippen LogP contribution is -2.27. The van der Waals surface area contributed by atoms with Crippen molar-refractivity contribution < 1.29 is 19.1 Å². The van der Waals surface area contributed by atoms with Gasteiger partial charge in [-0.15, -0.1) is 0 Å². The number of carbonyl (C=O) groups is 2. The van der Waals surface area contributed by atoms with Crippen molar-refractivity contribution in [3.8, 4) is 0 Å². The van der Waals surface area contributed by atoms with Crippen molar-refractivity contribution in [2.24, 2.45) is 0 Å². The van der Waals surface area contributed by atoms with Crippen LogP contribution in [0.25, 0.3) is 0 Å². The monoisotopic (exact) mass is 293 g/mol. The standard InChI is InChI=1S/C16H23NO4/c1-6-20-14(18)13(15(19)21-7-2)12-9-8-11(10-17-12)16(3,4)5/h8-10,13H,6-7H2,1-5H3. The van der Waals surface area contributed by atoms with Gasteiger partial charge in [0.15, 0.2) is 5.92 Å². The number of nitrogens with zero attached hydrogens (tertiary/aromatic N) is 1. The summed E-state index contributed by atoms with van der Waals surface area (Å²) in [4.78, 5) is 28.2. The maximum Gasteiger partial charge on any atom is 0.326 e. The third-order valence-electron chi connectivity index (χ3n) is 2.99. The predicted molar refractivity (Wildman–Crippen MR) is 78.9 cm³/mol. The molecule has 0 amide bonds. The van der Waals surface area contributed by atoms with Crippen molar-refractivity contribution in [3.05, 3.63) is 29.6 Å². The minimum Gasteiger partial charge on any atom is -0.465 e. The maximum atomic E-state index is 12.0. The fraction of sp³-hybridized carbons (Fsp3) is 0.562. The van der Waals surface area contributed by atoms with Gasteiger partial charge in [-0.05, 0) is 30.9 Å². The summed E-state index contributed by atoms with van der Waals surface area (Å²) in [6, 6.07) is 3.55. The minimum absolute atomic E-state index is 0.0467. The molecule has 21 heavy (non-hydrogen) atoms. The molecule has 5 nitrogen and oxygen atoms in total. The van der Waals surface area contributed by atoms with Crippen LogP contribution in [0.2, 0.25) is 0 Å². The lowest BCUT2D eigenvalue weighted by Gasteiger charge is -2.19. The molecule has 0 saturated heterocycles. The molecule has 0 atom stereocenters. The molecule has 0 aliphatic carbocycles. The number of rotatable bonds is 5. The van der Waals surface area contributed by atoms with Crippen molar-refractivity contribution in [1.29, 1.82) is 0 Å². The molecule has 1 aromatic rings. The first-order chi connectivity index (χ1) is 9.81. The van der Waals surface area contributed by atoms with Gasteiger partial charge in [0.25, 0.3) is 0 Å². The van der Waals surface area contributed by atoms with E-state index in [-0.39, 0.29) is 18.6 Å². The van der Waals surface area contributed by atoms with Crippen LogP contribution >= 0.6 is 0 Å². The summed E-state index contributed by atoms with van der Waals surface area (Å²) in [5, 5.41) is 0. The number of pyridine rings is 1. The van der Waals surface area contributed by atoms with Gasteiger partial charge in [0.05, 0.1) is 18.9 Å². The van der Waals surface area contributed by atoms with Crippen LogP contribution in [-0.2, 0) is 24.5 Å². The van der Waals surface area contributed by atoms with Gasteiger partial charge in [0, 0.05) is 6.20 Å². The summed E-state index contributed by atoms with van der Waals surface area (Å²) in [5.41, 5.74) is 1.33. The molecule has 0 bridgehead atoms. The Bertz CT molecular complexity index is 470. The van der Waals surface area contributed by atoms with E-state index in [1.807, 2.05) is 6.07 Å². The SMILES string of the molecule is CCOC(=O)C(C(=O)OCC)c1ccc(C(C)(C)C)cn1. The summed E-state index contributed by atoms with van der Waals surface area (Å²) in [7, 11) is 0. The maximum absolute atomic E-state index is 12.0. The Morgan fingerprint density at radius 3 is 1.95 bits per heavy atom. The van der Waals surface area contributed by atoms with E-state index < -0.39 is 17.9 Å². The summed E-state index contributed by atoms with van der Waals surface area (Å²) in [6.07, 6.45) is 1.68. The second-order valence-electron chi connectivity index (χ2n) is 5.66. The molecule has 116 valence electrons. The van der Waals surface area contributed by atoms with E-state index in [4.69, 9.17) is 9.47 Å². The number of carbonyl (C=O) groups excluding carboxylic acids is 2. The zero-order valence-electron chi connectivity index (χ0n) is 13.3. The second-order valence-corrected chi connectivity index (χ2v) is 5.66. The smallest absolute Gasteiger partial charge is 0.326 e. The van der Waals surface area contributed by atoms with Gasteiger partial charge in [-0.3, -0.25) is 14.6 Å². The quantitative estimate of drug-likeness (QED) is 0.616. The van der Waals surface area contributed by atoms with Gasteiger partial charge in [-0.2, -0.15) is 0 Å². The molecule has 0 aliphatic rings. The first-order valence-corrected chi connectivity index (χ1v) is 7.11. The number of hydrogen-bond acceptors (Lipinski definition) is 5. The average Bonchev–Trinajstić information content (AvgIpc) is 2.39. The Hall–Kier alpha value is -1.91. The Kier molecular flexibility index (Phi) is 5.88. The van der Waals surface area contributed by atoms with Crippen LogP contribution in [0.5, 0.6) is 0 Å². The first-order valence-electron chi connectivity index (χ1n) is 7.11. The molecule has 0 fully saturated rings. The Morgan fingerprint density at radius 2 is 1.62 bits per heavy atom. The fourth-order valence-corrected chi connectivity index (χ4v) is 1.81. The van der Waals surface area contributed by atoms with Crippen LogP contribution in [-0.4, -0.2) is 30.1 Å². The van der Waals surface area contributed by atoms with E-state index >= 15 is 0 Å². The van der Waals surface area contributed by atoms with E-state index in [0.717, 1.165) is 5.56 Å². The minimum atomic E-state index is -1.13. The second kappa shape index (κ2) is 7.20. The van der Waals surface area contributed by atoms with E-state index in [2.05, 4.69) is 25.8 Å². The van der Waals surface area contributed by atoms with Gasteiger partial charge < -0.3 is 9.47 Å². The van der Waals surface area contributed by atoms with Gasteiger partial charge >= 0.3 is 11.9 Å². The lowest BCUT2D eigenvalue weighted by atomic mass is 9.88. The lowest BCUT2D eigenvalue weighted by molar-refractivity contribution is -0.157. The molecule has 0 saturated carbocycles. The normalized spacial score (nSPS) is 11.3. The Balaban J connectivity index is 3.08. The molecular weight excluding hydrogens is 270 g/mol. The third-order valence-corrected chi connectivity index (χ3v) is 2.99. The van der Waals surface area contributed by atoms with Crippen LogP contribution in [0, 0.1) is 0 Å². The van der Waals surface area contributed by atoms with Crippen LogP contribution in [0.3, 0.4) is 0 Å². The number of aromatic nitrogens is 1. The summed E-state index contributed by atoms with van der Waals surface area (Å²) >= 11 is 0. The topological polar surface area (TPSA) is 65.5 Å². The van der Waals surface area contributed by atoms with Gasteiger partial charge in [-0.1, -0.05) is 26.8 Å². The van der Waals surface area contributed by atoms with Crippen molar-refractivity contribution in [2.75, 3.05) is 13.2 Å². The number of hydrogen-bond donors (Lipinski definition) is 0. The highest BCUT2D eigenvalue weighted by Crippen LogP contribution is 2.24. The fourth-order valence-electron chi connectivity index (χ4n) is 1.81. The van der Waals surface area contributed by atoms with E-state index in [1.54, 1.807) is 26.1 Å². The molecule has 0 radical (unpaired) electrons. The Labute approximate surface area is 125 Å². The zero-order chi connectivity index (χ0) is 16.0. The molecule has 0 aliphatic heterocycles. The highest BCUT2D eigenvalue weighted by atomic mass is 16.6. The molecule has 5 heteroatoms.